The van der Waals surface area contributed by atoms with E-state index in [-0.39, 0.29) is 6.10 Å². The summed E-state index contributed by atoms with van der Waals surface area (Å²) in [7, 11) is 1.22. The maximum absolute atomic E-state index is 13.1. The van der Waals surface area contributed by atoms with Crippen LogP contribution in [0, 0.1) is 5.92 Å². The monoisotopic (exact) mass is 505 g/mol. The van der Waals surface area contributed by atoms with Gasteiger partial charge in [0, 0.05) is 31.6 Å². The molecule has 2 aromatic rings. The molecule has 0 spiro atoms. The van der Waals surface area contributed by atoms with Crippen molar-refractivity contribution in [2.45, 2.75) is 47.0 Å². The maximum atomic E-state index is 13.1. The Morgan fingerprint density at radius 2 is 1.88 bits per heavy atom. The molecule has 2 aromatic carbocycles. The molecule has 0 bridgehead atoms. The molecule has 0 aliphatic carbocycles. The van der Waals surface area contributed by atoms with Gasteiger partial charge in [0.15, 0.2) is 0 Å². The van der Waals surface area contributed by atoms with Crippen LogP contribution in [-0.4, -0.2) is 76.2 Å². The van der Waals surface area contributed by atoms with Gasteiger partial charge in [0.25, 0.3) is 0 Å². The predicted octanol–water partition coefficient (Wildman–Crippen LogP) is 4.03. The Morgan fingerprint density at radius 1 is 1.15 bits per heavy atom. The Balaban J connectivity index is 1.59. The number of hydrogen-bond acceptors (Lipinski definition) is 7. The lowest BCUT2D eigenvalue weighted by Crippen LogP contribution is -2.38. The number of methoxy groups -OCH3 is 1. The molecule has 1 fully saturated rings. The van der Waals surface area contributed by atoms with E-state index >= 15 is 0 Å². The highest BCUT2D eigenvalue weighted by molar-refractivity contribution is 8.00. The zero-order valence-electron chi connectivity index (χ0n) is 20.4. The smallest absolute Gasteiger partial charge is 0.243 e. The van der Waals surface area contributed by atoms with Gasteiger partial charge < -0.3 is 19.6 Å². The van der Waals surface area contributed by atoms with Gasteiger partial charge in [0.1, 0.15) is 5.75 Å². The Bertz CT molecular complexity index is 1110. The van der Waals surface area contributed by atoms with Crippen LogP contribution in [0.2, 0.25) is 0 Å². The molecule has 1 atom stereocenters. The number of likely N-dealkylation sites (tertiary alicyclic amines) is 1. The molecular weight excluding hydrogens is 470 g/mol. The Hall–Kier alpha value is -1.78. The van der Waals surface area contributed by atoms with Crippen molar-refractivity contribution in [1.29, 1.82) is 0 Å². The lowest BCUT2D eigenvalue weighted by molar-refractivity contribution is 0.0717. The van der Waals surface area contributed by atoms with Gasteiger partial charge in [-0.15, -0.1) is 0 Å². The number of anilines is 2. The first kappa shape index (κ1) is 25.3. The van der Waals surface area contributed by atoms with Crippen LogP contribution in [0.25, 0.3) is 0 Å². The summed E-state index contributed by atoms with van der Waals surface area (Å²) in [4.78, 5) is 6.84. The van der Waals surface area contributed by atoms with E-state index in [1.54, 1.807) is 27.3 Å². The Kier molecular flexibility index (Phi) is 7.79. The molecule has 0 aromatic heterocycles. The first-order chi connectivity index (χ1) is 16.2. The van der Waals surface area contributed by atoms with E-state index in [1.165, 1.54) is 16.1 Å². The molecule has 1 saturated heterocycles. The normalized spacial score (nSPS) is 18.0. The third-order valence-electron chi connectivity index (χ3n) is 6.85. The molecule has 2 heterocycles. The van der Waals surface area contributed by atoms with Crippen molar-refractivity contribution >= 4 is 33.2 Å². The minimum atomic E-state index is -3.57. The molecule has 0 radical (unpaired) electrons. The van der Waals surface area contributed by atoms with Gasteiger partial charge in [-0.05, 0) is 76.0 Å². The van der Waals surface area contributed by atoms with Crippen molar-refractivity contribution in [3.63, 3.8) is 0 Å². The molecule has 186 valence electrons. The number of aliphatic hydroxyl groups is 1. The van der Waals surface area contributed by atoms with E-state index in [1.807, 2.05) is 37.3 Å². The summed E-state index contributed by atoms with van der Waals surface area (Å²) < 4.78 is 32.9. The molecule has 7 nitrogen and oxygen atoms in total. The topological polar surface area (TPSA) is 73.3 Å². The first-order valence-electron chi connectivity index (χ1n) is 11.8. The highest BCUT2D eigenvalue weighted by Crippen LogP contribution is 2.51. The molecule has 0 amide bonds. The number of rotatable bonds is 8. The molecule has 34 heavy (non-hydrogen) atoms. The quantitative estimate of drug-likeness (QED) is 0.581. The van der Waals surface area contributed by atoms with Crippen molar-refractivity contribution in [3.8, 4) is 5.75 Å². The fourth-order valence-electron chi connectivity index (χ4n) is 4.73. The fraction of sp³-hybridized carbons (Fsp3) is 0.520. The number of aliphatic hydroxyl groups excluding tert-OH is 1. The van der Waals surface area contributed by atoms with Gasteiger partial charge in [-0.3, -0.25) is 0 Å². The summed E-state index contributed by atoms with van der Waals surface area (Å²) in [6, 6.07) is 11.5. The standard InChI is InChI=1S/C25H35N3O4S2/c1-18(29)19-11-15-27(16-12-19)13-6-14-28-21-7-5-8-24(34(30,31)26(2)3)25(21)33-23-10-9-20(32-4)17-22(23)28/h5,7-10,17-19,29H,6,11-16H2,1-4H3. The van der Waals surface area contributed by atoms with Gasteiger partial charge in [-0.25, -0.2) is 12.7 Å². The first-order valence-corrected chi connectivity index (χ1v) is 14.1. The second-order valence-corrected chi connectivity index (χ2v) is 12.4. The van der Waals surface area contributed by atoms with Gasteiger partial charge in [0.2, 0.25) is 10.0 Å². The van der Waals surface area contributed by atoms with E-state index in [9.17, 15) is 13.5 Å². The van der Waals surface area contributed by atoms with E-state index < -0.39 is 10.0 Å². The summed E-state index contributed by atoms with van der Waals surface area (Å²) in [6.45, 7) is 5.66. The van der Waals surface area contributed by atoms with Crippen molar-refractivity contribution in [2.24, 2.45) is 5.92 Å². The molecule has 1 unspecified atom stereocenters. The Morgan fingerprint density at radius 3 is 2.53 bits per heavy atom. The molecule has 2 aliphatic heterocycles. The second kappa shape index (κ2) is 10.5. The molecule has 1 N–H and O–H groups in total. The highest BCUT2D eigenvalue weighted by Gasteiger charge is 2.31. The zero-order valence-corrected chi connectivity index (χ0v) is 22.0. The number of fused-ring (bicyclic) bond motifs is 2. The number of piperidine rings is 1. The molecule has 9 heteroatoms. The van der Waals surface area contributed by atoms with E-state index in [4.69, 9.17) is 4.74 Å². The lowest BCUT2D eigenvalue weighted by Gasteiger charge is -2.36. The van der Waals surface area contributed by atoms with Crippen molar-refractivity contribution < 1.29 is 18.3 Å². The molecule has 2 aliphatic rings. The predicted molar refractivity (Wildman–Crippen MR) is 137 cm³/mol. The largest absolute Gasteiger partial charge is 0.497 e. The zero-order chi connectivity index (χ0) is 24.5. The van der Waals surface area contributed by atoms with Crippen LogP contribution in [-0.2, 0) is 10.0 Å². The van der Waals surface area contributed by atoms with Crippen LogP contribution in [0.5, 0.6) is 5.75 Å². The van der Waals surface area contributed by atoms with Crippen LogP contribution < -0.4 is 9.64 Å². The molecule has 0 saturated carbocycles. The summed E-state index contributed by atoms with van der Waals surface area (Å²) in [6.07, 6.45) is 2.79. The lowest BCUT2D eigenvalue weighted by atomic mass is 9.92. The van der Waals surface area contributed by atoms with Crippen LogP contribution >= 0.6 is 11.8 Å². The number of hydrogen-bond donors (Lipinski definition) is 1. The highest BCUT2D eigenvalue weighted by atomic mass is 32.2. The summed E-state index contributed by atoms with van der Waals surface area (Å²) in [5, 5.41) is 9.87. The summed E-state index contributed by atoms with van der Waals surface area (Å²) >= 11 is 1.50. The number of benzene rings is 2. The van der Waals surface area contributed by atoms with Gasteiger partial charge in [0.05, 0.1) is 34.4 Å². The van der Waals surface area contributed by atoms with E-state index in [2.05, 4.69) is 9.80 Å². The number of sulfonamides is 1. The van der Waals surface area contributed by atoms with Crippen molar-refractivity contribution in [3.05, 3.63) is 36.4 Å². The minimum Gasteiger partial charge on any atom is -0.497 e. The summed E-state index contributed by atoms with van der Waals surface area (Å²) in [5.41, 5.74) is 1.96. The second-order valence-electron chi connectivity index (χ2n) is 9.25. The van der Waals surface area contributed by atoms with Gasteiger partial charge >= 0.3 is 0 Å². The fourth-order valence-corrected chi connectivity index (χ4v) is 7.24. The number of nitrogens with zero attached hydrogens (tertiary/aromatic N) is 3. The van der Waals surface area contributed by atoms with Crippen LogP contribution in [0.1, 0.15) is 26.2 Å². The molecular formula is C25H35N3O4S2. The molecule has 4 rings (SSSR count). The van der Waals surface area contributed by atoms with E-state index in [0.29, 0.717) is 10.8 Å². The van der Waals surface area contributed by atoms with Gasteiger partial charge in [-0.1, -0.05) is 17.8 Å². The van der Waals surface area contributed by atoms with Crippen LogP contribution in [0.15, 0.2) is 51.1 Å². The number of ether oxygens (including phenoxy) is 1. The van der Waals surface area contributed by atoms with Crippen molar-refractivity contribution in [1.82, 2.24) is 9.21 Å². The Labute approximate surface area is 207 Å². The third kappa shape index (κ3) is 5.09. The maximum Gasteiger partial charge on any atom is 0.243 e. The average molecular weight is 506 g/mol. The summed E-state index contributed by atoms with van der Waals surface area (Å²) in [5.74, 6) is 1.18. The third-order valence-corrected chi connectivity index (χ3v) is 10.0. The van der Waals surface area contributed by atoms with E-state index in [0.717, 1.165) is 72.4 Å². The van der Waals surface area contributed by atoms with Gasteiger partial charge in [-0.2, -0.15) is 0 Å². The SMILES string of the molecule is COc1ccc2c(c1)N(CCCN1CCC(C(C)O)CC1)c1cccc(S(=O)(=O)N(C)C)c1S2. The van der Waals surface area contributed by atoms with Crippen LogP contribution in [0.4, 0.5) is 11.4 Å². The average Bonchev–Trinajstić information content (AvgIpc) is 2.83. The van der Waals surface area contributed by atoms with Crippen LogP contribution in [0.3, 0.4) is 0 Å². The minimum absolute atomic E-state index is 0.233. The van der Waals surface area contributed by atoms with Crippen molar-refractivity contribution in [2.75, 3.05) is 52.3 Å².